The van der Waals surface area contributed by atoms with Crippen molar-refractivity contribution >= 4 is 12.1 Å². The Morgan fingerprint density at radius 3 is 2.50 bits per heavy atom. The molecule has 0 bridgehead atoms. The van der Waals surface area contributed by atoms with Gasteiger partial charge in [0.15, 0.2) is 0 Å². The van der Waals surface area contributed by atoms with Gasteiger partial charge in [0.05, 0.1) is 0 Å². The molecular formula is C11H19NO4. The molecule has 0 aromatic carbocycles. The van der Waals surface area contributed by atoms with Gasteiger partial charge in [-0.3, -0.25) is 0 Å². The molecule has 0 aliphatic rings. The molecule has 0 saturated heterocycles. The summed E-state index contributed by atoms with van der Waals surface area (Å²) in [4.78, 5) is 21.7. The number of hydrogen-bond acceptors (Lipinski definition) is 4. The second-order valence-corrected chi connectivity index (χ2v) is 3.58. The van der Waals surface area contributed by atoms with Gasteiger partial charge in [-0.25, -0.2) is 9.59 Å². The lowest BCUT2D eigenvalue weighted by molar-refractivity contribution is -0.146. The molecule has 0 heterocycles. The molecule has 0 spiro atoms. The smallest absolute Gasteiger partial charge is 0.404 e. The zero-order valence-corrected chi connectivity index (χ0v) is 9.82. The van der Waals surface area contributed by atoms with E-state index in [1.54, 1.807) is 6.92 Å². The minimum absolute atomic E-state index is 0.00560. The summed E-state index contributed by atoms with van der Waals surface area (Å²) in [6, 6.07) is 0. The van der Waals surface area contributed by atoms with Crippen molar-refractivity contribution in [2.24, 2.45) is 5.73 Å². The lowest BCUT2D eigenvalue weighted by Gasteiger charge is -2.17. The lowest BCUT2D eigenvalue weighted by atomic mass is 10.2. The summed E-state index contributed by atoms with van der Waals surface area (Å²) >= 11 is 0. The maximum Gasteiger partial charge on any atom is 0.404 e. The fraction of sp³-hybridized carbons (Fsp3) is 0.636. The zero-order valence-electron chi connectivity index (χ0n) is 9.82. The quantitative estimate of drug-likeness (QED) is 0.533. The second-order valence-electron chi connectivity index (χ2n) is 3.58. The van der Waals surface area contributed by atoms with E-state index in [1.165, 1.54) is 0 Å². The molecule has 1 unspecified atom stereocenters. The van der Waals surface area contributed by atoms with Crippen molar-refractivity contribution in [1.82, 2.24) is 0 Å². The van der Waals surface area contributed by atoms with Crippen molar-refractivity contribution in [1.29, 1.82) is 0 Å². The number of nitrogens with two attached hydrogens (primary N) is 1. The maximum absolute atomic E-state index is 11.3. The van der Waals surface area contributed by atoms with Crippen LogP contribution in [0, 0.1) is 0 Å². The number of esters is 1. The van der Waals surface area contributed by atoms with E-state index in [0.717, 1.165) is 12.8 Å². The van der Waals surface area contributed by atoms with Gasteiger partial charge in [0.25, 0.3) is 0 Å². The van der Waals surface area contributed by atoms with Gasteiger partial charge in [-0.15, -0.1) is 0 Å². The first kappa shape index (κ1) is 14.5. The van der Waals surface area contributed by atoms with Crippen LogP contribution in [-0.4, -0.2) is 24.8 Å². The molecule has 1 amide bonds. The Bertz CT molecular complexity index is 263. The van der Waals surface area contributed by atoms with E-state index in [1.807, 2.05) is 6.92 Å². The normalized spacial score (nSPS) is 11.6. The number of carbonyl (C=O) groups is 2. The summed E-state index contributed by atoms with van der Waals surface area (Å²) in [6.45, 7) is 7.06. The van der Waals surface area contributed by atoms with Gasteiger partial charge in [-0.05, 0) is 19.8 Å². The average molecular weight is 229 g/mol. The molecule has 5 heteroatoms. The van der Waals surface area contributed by atoms with Crippen molar-refractivity contribution < 1.29 is 19.1 Å². The maximum atomic E-state index is 11.3. The van der Waals surface area contributed by atoms with Crippen molar-refractivity contribution in [2.75, 3.05) is 6.61 Å². The van der Waals surface area contributed by atoms with Crippen LogP contribution >= 0.6 is 0 Å². The monoisotopic (exact) mass is 229 g/mol. The molecule has 92 valence electrons. The number of carbonyl (C=O) groups excluding carboxylic acids is 2. The van der Waals surface area contributed by atoms with Crippen LogP contribution < -0.4 is 5.73 Å². The van der Waals surface area contributed by atoms with Gasteiger partial charge in [-0.1, -0.05) is 19.9 Å². The Hall–Kier alpha value is -1.52. The Morgan fingerprint density at radius 1 is 1.44 bits per heavy atom. The Balaban J connectivity index is 4.13. The summed E-state index contributed by atoms with van der Waals surface area (Å²) in [5, 5.41) is 0. The summed E-state index contributed by atoms with van der Waals surface area (Å²) in [6.07, 6.45) is 1.18. The number of primary amides is 1. The highest BCUT2D eigenvalue weighted by molar-refractivity contribution is 5.87. The Labute approximate surface area is 95.6 Å². The number of rotatable bonds is 7. The molecule has 0 aromatic rings. The van der Waals surface area contributed by atoms with Crippen LogP contribution in [0.5, 0.6) is 0 Å². The molecule has 5 nitrogen and oxygen atoms in total. The van der Waals surface area contributed by atoms with Gasteiger partial charge >= 0.3 is 12.1 Å². The van der Waals surface area contributed by atoms with Crippen LogP contribution in [-0.2, 0) is 14.3 Å². The van der Waals surface area contributed by atoms with E-state index in [0.29, 0.717) is 12.0 Å². The average Bonchev–Trinajstić information content (AvgIpc) is 2.21. The van der Waals surface area contributed by atoms with E-state index in [2.05, 4.69) is 11.3 Å². The van der Waals surface area contributed by atoms with Crippen LogP contribution in [0.15, 0.2) is 12.2 Å². The van der Waals surface area contributed by atoms with Gasteiger partial charge in [0.2, 0.25) is 0 Å². The molecule has 0 aliphatic carbocycles. The van der Waals surface area contributed by atoms with Crippen LogP contribution in [0.3, 0.4) is 0 Å². The number of amides is 1. The van der Waals surface area contributed by atoms with Gasteiger partial charge in [0, 0.05) is 5.57 Å². The third-order valence-corrected chi connectivity index (χ3v) is 1.91. The summed E-state index contributed by atoms with van der Waals surface area (Å²) < 4.78 is 9.71. The molecule has 0 radical (unpaired) electrons. The molecule has 2 N–H and O–H groups in total. The van der Waals surface area contributed by atoms with E-state index in [4.69, 9.17) is 10.5 Å². The SMILES string of the molecule is C=C(C)C(=O)OC(CCCC)COC(N)=O. The summed E-state index contributed by atoms with van der Waals surface area (Å²) in [7, 11) is 0. The topological polar surface area (TPSA) is 78.6 Å². The molecule has 0 fully saturated rings. The molecule has 0 aliphatic heterocycles. The second kappa shape index (κ2) is 7.73. The minimum Gasteiger partial charge on any atom is -0.455 e. The number of unbranched alkanes of at least 4 members (excludes halogenated alkanes) is 1. The largest absolute Gasteiger partial charge is 0.455 e. The first-order valence-electron chi connectivity index (χ1n) is 5.26. The predicted octanol–water partition coefficient (Wildman–Crippen LogP) is 1.76. The number of hydrogen-bond donors (Lipinski definition) is 1. The Kier molecular flexibility index (Phi) is 7.00. The lowest BCUT2D eigenvalue weighted by Crippen LogP contribution is -2.27. The van der Waals surface area contributed by atoms with Crippen molar-refractivity contribution in [3.63, 3.8) is 0 Å². The molecule has 16 heavy (non-hydrogen) atoms. The van der Waals surface area contributed by atoms with E-state index >= 15 is 0 Å². The van der Waals surface area contributed by atoms with Crippen molar-refractivity contribution in [3.05, 3.63) is 12.2 Å². The summed E-state index contributed by atoms with van der Waals surface area (Å²) in [5.41, 5.74) is 5.16. The fourth-order valence-corrected chi connectivity index (χ4v) is 1.04. The molecule has 1 atom stereocenters. The van der Waals surface area contributed by atoms with Gasteiger partial charge < -0.3 is 15.2 Å². The number of ether oxygens (including phenoxy) is 2. The highest BCUT2D eigenvalue weighted by Crippen LogP contribution is 2.08. The zero-order chi connectivity index (χ0) is 12.6. The van der Waals surface area contributed by atoms with Crippen molar-refractivity contribution in [3.8, 4) is 0 Å². The Morgan fingerprint density at radius 2 is 2.06 bits per heavy atom. The molecule has 0 rings (SSSR count). The first-order chi connectivity index (χ1) is 7.47. The molecule has 0 aromatic heterocycles. The van der Waals surface area contributed by atoms with E-state index < -0.39 is 18.2 Å². The van der Waals surface area contributed by atoms with Crippen LogP contribution in [0.25, 0.3) is 0 Å². The third kappa shape index (κ3) is 6.86. The minimum atomic E-state index is -0.868. The van der Waals surface area contributed by atoms with Crippen molar-refractivity contribution in [2.45, 2.75) is 39.2 Å². The third-order valence-electron chi connectivity index (χ3n) is 1.91. The molecule has 0 saturated carbocycles. The highest BCUT2D eigenvalue weighted by atomic mass is 16.6. The van der Waals surface area contributed by atoms with Gasteiger partial charge in [-0.2, -0.15) is 0 Å². The van der Waals surface area contributed by atoms with Crippen LogP contribution in [0.4, 0.5) is 4.79 Å². The van der Waals surface area contributed by atoms with E-state index in [-0.39, 0.29) is 6.61 Å². The predicted molar refractivity (Wildman–Crippen MR) is 59.8 cm³/mol. The summed E-state index contributed by atoms with van der Waals surface area (Å²) in [5.74, 6) is -0.478. The standard InChI is InChI=1S/C11H19NO4/c1-4-5-6-9(7-15-11(12)14)16-10(13)8(2)3/h9H,2,4-7H2,1,3H3,(H2,12,14). The molecular weight excluding hydrogens is 210 g/mol. The van der Waals surface area contributed by atoms with E-state index in [9.17, 15) is 9.59 Å². The van der Waals surface area contributed by atoms with Gasteiger partial charge in [0.1, 0.15) is 12.7 Å². The van der Waals surface area contributed by atoms with Crippen LogP contribution in [0.1, 0.15) is 33.1 Å². The first-order valence-corrected chi connectivity index (χ1v) is 5.26. The highest BCUT2D eigenvalue weighted by Gasteiger charge is 2.16. The van der Waals surface area contributed by atoms with Crippen LogP contribution in [0.2, 0.25) is 0 Å². The fourth-order valence-electron chi connectivity index (χ4n) is 1.04.